The lowest BCUT2D eigenvalue weighted by Gasteiger charge is -2.14. The van der Waals surface area contributed by atoms with Gasteiger partial charge >= 0.3 is 5.97 Å². The number of halogens is 2. The Balaban J connectivity index is 1.82. The predicted molar refractivity (Wildman–Crippen MR) is 129 cm³/mol. The summed E-state index contributed by atoms with van der Waals surface area (Å²) in [7, 11) is 0. The summed E-state index contributed by atoms with van der Waals surface area (Å²) in [5, 5.41) is 19.2. The summed E-state index contributed by atoms with van der Waals surface area (Å²) < 4.78 is 7.83. The molecule has 0 amide bonds. The summed E-state index contributed by atoms with van der Waals surface area (Å²) in [5.41, 5.74) is 8.37. The van der Waals surface area contributed by atoms with Crippen LogP contribution in [0.2, 0.25) is 0 Å². The maximum Gasteiger partial charge on any atom is 0.320 e. The van der Waals surface area contributed by atoms with Crippen molar-refractivity contribution in [3.8, 4) is 17.2 Å². The van der Waals surface area contributed by atoms with Crippen molar-refractivity contribution in [3.05, 3.63) is 84.5 Å². The third kappa shape index (κ3) is 5.83. The largest absolute Gasteiger partial charge is 0.508 e. The molecule has 5 nitrogen and oxygen atoms in total. The van der Waals surface area contributed by atoms with Gasteiger partial charge in [0.25, 0.3) is 0 Å². The zero-order chi connectivity index (χ0) is 21.0. The Bertz CT molecular complexity index is 1000. The zero-order valence-electron chi connectivity index (χ0n) is 15.3. The van der Waals surface area contributed by atoms with Gasteiger partial charge < -0.3 is 20.7 Å². The van der Waals surface area contributed by atoms with Gasteiger partial charge in [0.15, 0.2) is 5.75 Å². The fourth-order valence-corrected chi connectivity index (χ4v) is 4.99. The highest BCUT2D eigenvalue weighted by Crippen LogP contribution is 2.35. The summed E-state index contributed by atoms with van der Waals surface area (Å²) >= 11 is 4.34. The Labute approximate surface area is 196 Å². The first-order valence-electron chi connectivity index (χ1n) is 8.83. The maximum absolute atomic E-state index is 11.0. The molecule has 7 heteroatoms. The fraction of sp³-hybridized carbons (Fsp3) is 0.136. The number of carbonyl (C=O) groups is 1. The molecule has 3 rings (SSSR count). The Kier molecular flexibility index (Phi) is 7.36. The molecule has 0 fully saturated rings. The van der Waals surface area contributed by atoms with Crippen LogP contribution in [-0.2, 0) is 17.6 Å². The molecule has 0 aliphatic carbocycles. The molecule has 3 aromatic carbocycles. The molecule has 0 aromatic heterocycles. The van der Waals surface area contributed by atoms with E-state index in [9.17, 15) is 9.90 Å². The van der Waals surface area contributed by atoms with Gasteiger partial charge in [-0.15, -0.1) is 0 Å². The van der Waals surface area contributed by atoms with Crippen molar-refractivity contribution in [2.45, 2.75) is 18.9 Å². The van der Waals surface area contributed by atoms with E-state index in [0.29, 0.717) is 17.9 Å². The molecule has 0 saturated heterocycles. The van der Waals surface area contributed by atoms with Crippen molar-refractivity contribution in [1.82, 2.24) is 0 Å². The second kappa shape index (κ2) is 9.77. The van der Waals surface area contributed by atoms with Gasteiger partial charge in [-0.2, -0.15) is 0 Å². The van der Waals surface area contributed by atoms with Crippen molar-refractivity contribution in [2.24, 2.45) is 5.73 Å². The van der Waals surface area contributed by atoms with Gasteiger partial charge in [0, 0.05) is 12.0 Å². The molecule has 0 saturated carbocycles. The molecule has 0 spiro atoms. The first-order valence-corrected chi connectivity index (χ1v) is 11.0. The molecule has 0 unspecified atom stereocenters. The van der Waals surface area contributed by atoms with E-state index in [2.05, 4.69) is 45.2 Å². The van der Waals surface area contributed by atoms with E-state index in [-0.39, 0.29) is 12.2 Å². The van der Waals surface area contributed by atoms with E-state index in [0.717, 1.165) is 23.8 Å². The molecular weight excluding hydrogens is 596 g/mol. The van der Waals surface area contributed by atoms with Crippen molar-refractivity contribution >= 4 is 51.2 Å². The summed E-state index contributed by atoms with van der Waals surface area (Å²) in [6, 6.07) is 17.9. The van der Waals surface area contributed by atoms with Gasteiger partial charge in [-0.1, -0.05) is 30.3 Å². The Hall–Kier alpha value is -1.85. The Morgan fingerprint density at radius 3 is 2.28 bits per heavy atom. The van der Waals surface area contributed by atoms with E-state index in [1.165, 1.54) is 0 Å². The van der Waals surface area contributed by atoms with Gasteiger partial charge in [0.1, 0.15) is 17.5 Å². The lowest BCUT2D eigenvalue weighted by molar-refractivity contribution is -0.138. The highest BCUT2D eigenvalue weighted by molar-refractivity contribution is 14.1. The van der Waals surface area contributed by atoms with Gasteiger partial charge in [0.05, 0.1) is 7.14 Å². The van der Waals surface area contributed by atoms with Crippen LogP contribution in [0.1, 0.15) is 16.7 Å². The van der Waals surface area contributed by atoms with Crippen LogP contribution in [-0.4, -0.2) is 22.2 Å². The predicted octanol–water partition coefficient (Wildman–Crippen LogP) is 4.94. The third-order valence-electron chi connectivity index (χ3n) is 4.34. The van der Waals surface area contributed by atoms with Gasteiger partial charge in [-0.05, 0) is 93.1 Å². The highest BCUT2D eigenvalue weighted by atomic mass is 127. The first kappa shape index (κ1) is 21.8. The van der Waals surface area contributed by atoms with Crippen LogP contribution < -0.4 is 10.5 Å². The molecule has 1 atom stereocenters. The maximum atomic E-state index is 11.0. The number of aromatic hydroxyl groups is 1. The molecule has 150 valence electrons. The van der Waals surface area contributed by atoms with Crippen LogP contribution in [0.5, 0.6) is 17.2 Å². The normalized spacial score (nSPS) is 11.8. The molecule has 0 bridgehead atoms. The number of ether oxygens (including phenoxy) is 1. The second-order valence-electron chi connectivity index (χ2n) is 6.59. The number of rotatable bonds is 7. The van der Waals surface area contributed by atoms with Gasteiger partial charge in [0.2, 0.25) is 0 Å². The standard InChI is InChI=1S/C22H19I2NO4/c23-17-9-14(11-19(25)22(27)28)10-18(24)21(17)29-16-6-7-20(26)15(12-16)8-13-4-2-1-3-5-13/h1-7,9-10,12,19,26H,8,11,25H2,(H,27,28)/t19-/m1/s1. The number of hydrogen-bond acceptors (Lipinski definition) is 4. The SMILES string of the molecule is N[C@H](Cc1cc(I)c(Oc2ccc(O)c(Cc3ccccc3)c2)c(I)c1)C(=O)O. The van der Waals surface area contributed by atoms with Crippen molar-refractivity contribution < 1.29 is 19.7 Å². The summed E-state index contributed by atoms with van der Waals surface area (Å²) in [4.78, 5) is 11.0. The Morgan fingerprint density at radius 2 is 1.66 bits per heavy atom. The van der Waals surface area contributed by atoms with Crippen LogP contribution in [0.4, 0.5) is 0 Å². The average molecular weight is 615 g/mol. The molecule has 0 aliphatic heterocycles. The van der Waals surface area contributed by atoms with Gasteiger partial charge in [-0.3, -0.25) is 4.79 Å². The summed E-state index contributed by atoms with van der Waals surface area (Å²) in [6.45, 7) is 0. The first-order chi connectivity index (χ1) is 13.8. The lowest BCUT2D eigenvalue weighted by atomic mass is 10.0. The van der Waals surface area contributed by atoms with E-state index < -0.39 is 12.0 Å². The minimum absolute atomic E-state index is 0.226. The number of nitrogens with two attached hydrogens (primary N) is 1. The topological polar surface area (TPSA) is 92.8 Å². The van der Waals surface area contributed by atoms with Crippen molar-refractivity contribution in [3.63, 3.8) is 0 Å². The zero-order valence-corrected chi connectivity index (χ0v) is 19.6. The molecule has 3 aromatic rings. The van der Waals surface area contributed by atoms with Crippen LogP contribution in [0, 0.1) is 7.14 Å². The molecule has 0 aliphatic rings. The van der Waals surface area contributed by atoms with E-state index >= 15 is 0 Å². The van der Waals surface area contributed by atoms with Crippen molar-refractivity contribution in [2.75, 3.05) is 0 Å². The number of aliphatic carboxylic acids is 1. The molecule has 4 N–H and O–H groups in total. The van der Waals surface area contributed by atoms with Crippen molar-refractivity contribution in [1.29, 1.82) is 0 Å². The number of hydrogen-bond donors (Lipinski definition) is 3. The number of phenolic OH excluding ortho intramolecular Hbond substituents is 1. The highest BCUT2D eigenvalue weighted by Gasteiger charge is 2.16. The van der Waals surface area contributed by atoms with E-state index in [1.807, 2.05) is 48.5 Å². The monoisotopic (exact) mass is 615 g/mol. The van der Waals surface area contributed by atoms with Crippen LogP contribution in [0.25, 0.3) is 0 Å². The summed E-state index contributed by atoms with van der Waals surface area (Å²) in [6.07, 6.45) is 0.853. The smallest absolute Gasteiger partial charge is 0.320 e. The summed E-state index contributed by atoms with van der Waals surface area (Å²) in [5.74, 6) is 0.517. The minimum Gasteiger partial charge on any atom is -0.508 e. The molecule has 29 heavy (non-hydrogen) atoms. The number of benzene rings is 3. The van der Waals surface area contributed by atoms with Gasteiger partial charge in [-0.25, -0.2) is 0 Å². The number of carboxylic acids is 1. The average Bonchev–Trinajstić information content (AvgIpc) is 2.68. The third-order valence-corrected chi connectivity index (χ3v) is 5.94. The number of phenols is 1. The molecule has 0 radical (unpaired) electrons. The van der Waals surface area contributed by atoms with Crippen LogP contribution in [0.15, 0.2) is 60.7 Å². The van der Waals surface area contributed by atoms with E-state index in [4.69, 9.17) is 15.6 Å². The lowest BCUT2D eigenvalue weighted by Crippen LogP contribution is -2.32. The molecular formula is C22H19I2NO4. The Morgan fingerprint density at radius 1 is 1.00 bits per heavy atom. The van der Waals surface area contributed by atoms with Crippen LogP contribution in [0.3, 0.4) is 0 Å². The quantitative estimate of drug-likeness (QED) is 0.328. The fourth-order valence-electron chi connectivity index (χ4n) is 2.87. The molecule has 0 heterocycles. The van der Waals surface area contributed by atoms with Crippen LogP contribution >= 0.6 is 45.2 Å². The van der Waals surface area contributed by atoms with E-state index in [1.54, 1.807) is 12.1 Å². The number of carboxylic acid groups (broad SMARTS) is 1. The minimum atomic E-state index is -1.02. The second-order valence-corrected chi connectivity index (χ2v) is 8.92.